The Kier molecular flexibility index (Phi) is 1.93. The molecule has 14 heavy (non-hydrogen) atoms. The van der Waals surface area contributed by atoms with Crippen molar-refractivity contribution in [2.45, 2.75) is 5.16 Å². The zero-order valence-corrected chi connectivity index (χ0v) is 8.13. The van der Waals surface area contributed by atoms with Gasteiger partial charge in [0, 0.05) is 10.7 Å². The molecule has 0 N–H and O–H groups in total. The van der Waals surface area contributed by atoms with Crippen LogP contribution in [0, 0.1) is 5.82 Å². The highest BCUT2D eigenvalue weighted by Crippen LogP contribution is 2.11. The van der Waals surface area contributed by atoms with Crippen molar-refractivity contribution in [2.75, 3.05) is 0 Å². The monoisotopic (exact) mass is 235 g/mol. The molecular weight excluding hydrogens is 233 g/mol. The van der Waals surface area contributed by atoms with E-state index in [2.05, 4.69) is 10.1 Å². The molecule has 0 aromatic carbocycles. The Balaban J connectivity index is 2.75. The molecule has 0 aliphatic rings. The van der Waals surface area contributed by atoms with Gasteiger partial charge in [0.1, 0.15) is 5.82 Å². The van der Waals surface area contributed by atoms with Crippen molar-refractivity contribution in [3.05, 3.63) is 24.1 Å². The fraction of sp³-hybridized carbons (Fsp3) is 0. The van der Waals surface area contributed by atoms with E-state index in [1.165, 1.54) is 6.07 Å². The maximum atomic E-state index is 12.7. The van der Waals surface area contributed by atoms with Gasteiger partial charge in [0.25, 0.3) is 14.2 Å². The van der Waals surface area contributed by atoms with E-state index < -0.39 is 20.0 Å². The van der Waals surface area contributed by atoms with Crippen LogP contribution < -0.4 is 0 Å². The molecule has 0 atom stereocenters. The molecule has 0 saturated heterocycles. The highest BCUT2D eigenvalue weighted by atomic mass is 35.7. The van der Waals surface area contributed by atoms with Crippen LogP contribution in [-0.2, 0) is 9.05 Å². The smallest absolute Gasteiger partial charge is 0.217 e. The topological polar surface area (TPSA) is 64.3 Å². The third-order valence-electron chi connectivity index (χ3n) is 1.49. The largest absolute Gasteiger partial charge is 0.298 e. The average Bonchev–Trinajstić information content (AvgIpc) is 2.45. The van der Waals surface area contributed by atoms with Crippen LogP contribution in [0.1, 0.15) is 0 Å². The van der Waals surface area contributed by atoms with E-state index in [1.54, 1.807) is 0 Å². The lowest BCUT2D eigenvalue weighted by Gasteiger charge is -1.88. The highest BCUT2D eigenvalue weighted by molar-refractivity contribution is 8.13. The summed E-state index contributed by atoms with van der Waals surface area (Å²) >= 11 is 0. The molecule has 8 heteroatoms. The first kappa shape index (κ1) is 9.35. The Morgan fingerprint density at radius 2 is 2.14 bits per heavy atom. The molecule has 5 nitrogen and oxygen atoms in total. The summed E-state index contributed by atoms with van der Waals surface area (Å²) in [6.45, 7) is 0. The zero-order chi connectivity index (χ0) is 10.3. The fourth-order valence-electron chi connectivity index (χ4n) is 0.941. The average molecular weight is 236 g/mol. The van der Waals surface area contributed by atoms with Gasteiger partial charge in [-0.3, -0.25) is 0 Å². The van der Waals surface area contributed by atoms with Crippen LogP contribution in [0.15, 0.2) is 23.5 Å². The van der Waals surface area contributed by atoms with E-state index in [9.17, 15) is 12.8 Å². The van der Waals surface area contributed by atoms with E-state index >= 15 is 0 Å². The first-order valence-electron chi connectivity index (χ1n) is 3.43. The Labute approximate surface area is 82.6 Å². The van der Waals surface area contributed by atoms with Gasteiger partial charge in [-0.2, -0.15) is 4.98 Å². The number of pyridine rings is 1. The highest BCUT2D eigenvalue weighted by Gasteiger charge is 2.16. The molecule has 0 fully saturated rings. The summed E-state index contributed by atoms with van der Waals surface area (Å²) in [5, 5.41) is 2.95. The van der Waals surface area contributed by atoms with E-state index in [0.717, 1.165) is 16.8 Å². The fourth-order valence-corrected chi connectivity index (χ4v) is 1.53. The minimum Gasteiger partial charge on any atom is -0.217 e. The molecular formula is C6H3ClFN3O2S. The minimum atomic E-state index is -3.97. The number of aromatic nitrogens is 3. The predicted molar refractivity (Wildman–Crippen MR) is 46.0 cm³/mol. The second-order valence-corrected chi connectivity index (χ2v) is 4.94. The lowest BCUT2D eigenvalue weighted by atomic mass is 10.5. The molecule has 2 aromatic rings. The number of halogens is 2. The summed E-state index contributed by atoms with van der Waals surface area (Å²) in [5.41, 5.74) is 0.214. The van der Waals surface area contributed by atoms with Gasteiger partial charge >= 0.3 is 0 Å². The SMILES string of the molecule is O=S(=O)(Cl)c1nc2ccc(F)cn2n1. The number of hydrogen-bond donors (Lipinski definition) is 0. The molecule has 74 valence electrons. The Hall–Kier alpha value is -1.21. The molecule has 0 aliphatic carbocycles. The summed E-state index contributed by atoms with van der Waals surface area (Å²) in [5.74, 6) is -0.541. The summed E-state index contributed by atoms with van der Waals surface area (Å²) in [6.07, 6.45) is 1.01. The molecule has 0 bridgehead atoms. The maximum Gasteiger partial charge on any atom is 0.298 e. The standard InChI is InChI=1S/C6H3ClFN3O2S/c7-14(12,13)6-9-5-2-1-4(8)3-11(5)10-6/h1-3H. The summed E-state index contributed by atoms with van der Waals surface area (Å²) in [6, 6.07) is 2.45. The van der Waals surface area contributed by atoms with Gasteiger partial charge in [-0.1, -0.05) is 0 Å². The van der Waals surface area contributed by atoms with Crippen LogP contribution in [0.25, 0.3) is 5.65 Å². The first-order chi connectivity index (χ1) is 6.47. The lowest BCUT2D eigenvalue weighted by molar-refractivity contribution is 0.597. The zero-order valence-electron chi connectivity index (χ0n) is 6.55. The Morgan fingerprint density at radius 3 is 2.79 bits per heavy atom. The molecule has 0 unspecified atom stereocenters. The molecule has 0 aliphatic heterocycles. The molecule has 0 radical (unpaired) electrons. The Morgan fingerprint density at radius 1 is 1.43 bits per heavy atom. The van der Waals surface area contributed by atoms with Gasteiger partial charge in [-0.15, -0.1) is 5.10 Å². The van der Waals surface area contributed by atoms with Gasteiger partial charge in [-0.05, 0) is 12.1 Å². The van der Waals surface area contributed by atoms with E-state index in [0.29, 0.717) is 0 Å². The normalized spacial score (nSPS) is 12.1. The van der Waals surface area contributed by atoms with Crippen LogP contribution in [0.4, 0.5) is 4.39 Å². The van der Waals surface area contributed by atoms with Crippen LogP contribution in [0.2, 0.25) is 0 Å². The molecule has 0 amide bonds. The van der Waals surface area contributed by atoms with Crippen LogP contribution in [0.5, 0.6) is 0 Å². The number of hydrogen-bond acceptors (Lipinski definition) is 4. The van der Waals surface area contributed by atoms with E-state index in [4.69, 9.17) is 10.7 Å². The minimum absolute atomic E-state index is 0.214. The molecule has 0 saturated carbocycles. The number of rotatable bonds is 1. The van der Waals surface area contributed by atoms with E-state index in [-0.39, 0.29) is 5.65 Å². The van der Waals surface area contributed by atoms with Crippen molar-refractivity contribution in [1.29, 1.82) is 0 Å². The third-order valence-corrected chi connectivity index (χ3v) is 2.52. The molecule has 2 rings (SSSR count). The first-order valence-corrected chi connectivity index (χ1v) is 5.74. The molecule has 2 heterocycles. The lowest BCUT2D eigenvalue weighted by Crippen LogP contribution is -1.94. The van der Waals surface area contributed by atoms with Crippen molar-refractivity contribution in [3.8, 4) is 0 Å². The molecule has 0 spiro atoms. The van der Waals surface area contributed by atoms with Crippen molar-refractivity contribution in [3.63, 3.8) is 0 Å². The second-order valence-electron chi connectivity index (χ2n) is 2.48. The number of fused-ring (bicyclic) bond motifs is 1. The van der Waals surface area contributed by atoms with E-state index in [1.807, 2.05) is 0 Å². The third kappa shape index (κ3) is 1.55. The van der Waals surface area contributed by atoms with Gasteiger partial charge in [0.15, 0.2) is 5.65 Å². The summed E-state index contributed by atoms with van der Waals surface area (Å²) < 4.78 is 35.3. The maximum absolute atomic E-state index is 12.7. The van der Waals surface area contributed by atoms with Crippen LogP contribution in [-0.4, -0.2) is 23.0 Å². The van der Waals surface area contributed by atoms with Crippen molar-refractivity contribution in [1.82, 2.24) is 14.6 Å². The summed E-state index contributed by atoms with van der Waals surface area (Å²) in [7, 11) is 1.04. The second kappa shape index (κ2) is 2.89. The van der Waals surface area contributed by atoms with Crippen molar-refractivity contribution in [2.24, 2.45) is 0 Å². The van der Waals surface area contributed by atoms with Gasteiger partial charge < -0.3 is 0 Å². The quantitative estimate of drug-likeness (QED) is 0.686. The number of nitrogens with zero attached hydrogens (tertiary/aromatic N) is 3. The van der Waals surface area contributed by atoms with Crippen molar-refractivity contribution >= 4 is 25.4 Å². The molecule has 2 aromatic heterocycles. The van der Waals surface area contributed by atoms with Gasteiger partial charge in [-0.25, -0.2) is 17.3 Å². The van der Waals surface area contributed by atoms with Gasteiger partial charge in [0.05, 0.1) is 6.20 Å². The van der Waals surface area contributed by atoms with Crippen molar-refractivity contribution < 1.29 is 12.8 Å². The summed E-state index contributed by atoms with van der Waals surface area (Å²) in [4.78, 5) is 3.59. The van der Waals surface area contributed by atoms with Gasteiger partial charge in [0.2, 0.25) is 0 Å². The Bertz CT molecular complexity index is 594. The van der Waals surface area contributed by atoms with Crippen LogP contribution >= 0.6 is 10.7 Å². The predicted octanol–water partition coefficient (Wildman–Crippen LogP) is 0.796. The van der Waals surface area contributed by atoms with Crippen LogP contribution in [0.3, 0.4) is 0 Å².